The fraction of sp³-hybridized carbons (Fsp3) is 0.200. The average Bonchev–Trinajstić information content (AvgIpc) is 3.27. The molecule has 0 fully saturated rings. The molecule has 1 amide bonds. The molecule has 0 spiro atoms. The maximum absolute atomic E-state index is 12.3. The lowest BCUT2D eigenvalue weighted by Gasteiger charge is -2.11. The summed E-state index contributed by atoms with van der Waals surface area (Å²) in [4.78, 5) is 24.0. The molecule has 0 atom stereocenters. The van der Waals surface area contributed by atoms with E-state index in [4.69, 9.17) is 0 Å². The zero-order valence-electron chi connectivity index (χ0n) is 15.4. The summed E-state index contributed by atoms with van der Waals surface area (Å²) >= 11 is 0. The number of anilines is 1. The molecule has 27 heavy (non-hydrogen) atoms. The number of nitrogens with one attached hydrogen (secondary N) is 2. The monoisotopic (exact) mass is 360 g/mol. The number of aryl methyl sites for hydroxylation is 1. The fourth-order valence-electron chi connectivity index (χ4n) is 3.16. The molecule has 4 aromatic rings. The van der Waals surface area contributed by atoms with Crippen LogP contribution in [0.15, 0.2) is 48.9 Å². The Bertz CT molecular complexity index is 1120. The van der Waals surface area contributed by atoms with E-state index in [1.165, 1.54) is 22.1 Å². The quantitative estimate of drug-likeness (QED) is 0.580. The molecule has 7 nitrogen and oxygen atoms in total. The van der Waals surface area contributed by atoms with Gasteiger partial charge < -0.3 is 10.3 Å². The summed E-state index contributed by atoms with van der Waals surface area (Å²) in [5.41, 5.74) is 4.40. The first-order valence-corrected chi connectivity index (χ1v) is 8.76. The van der Waals surface area contributed by atoms with Crippen LogP contribution in [0.2, 0.25) is 0 Å². The van der Waals surface area contributed by atoms with Crippen LogP contribution >= 0.6 is 0 Å². The van der Waals surface area contributed by atoms with Crippen molar-refractivity contribution in [3.63, 3.8) is 0 Å². The van der Waals surface area contributed by atoms with E-state index in [0.29, 0.717) is 11.7 Å². The first-order chi connectivity index (χ1) is 13.0. The number of fused-ring (bicyclic) bond motifs is 1. The third kappa shape index (κ3) is 3.19. The molecule has 3 heterocycles. The van der Waals surface area contributed by atoms with E-state index in [2.05, 4.69) is 63.5 Å². The number of aromatic amines is 1. The van der Waals surface area contributed by atoms with Crippen LogP contribution in [0, 0.1) is 0 Å². The summed E-state index contributed by atoms with van der Waals surface area (Å²) < 4.78 is 1.42. The second-order valence-electron chi connectivity index (χ2n) is 6.74. The number of H-pyrrole nitrogens is 1. The van der Waals surface area contributed by atoms with Crippen LogP contribution in [0.4, 0.5) is 5.82 Å². The summed E-state index contributed by atoms with van der Waals surface area (Å²) in [6.45, 7) is 4.37. The van der Waals surface area contributed by atoms with Crippen LogP contribution in [0.5, 0.6) is 0 Å². The second kappa shape index (κ2) is 6.68. The number of carbonyl (C=O) groups is 1. The number of benzene rings is 1. The van der Waals surface area contributed by atoms with Crippen molar-refractivity contribution in [1.29, 1.82) is 0 Å². The van der Waals surface area contributed by atoms with Gasteiger partial charge in [-0.3, -0.25) is 4.79 Å². The number of hydrogen-bond acceptors (Lipinski definition) is 4. The summed E-state index contributed by atoms with van der Waals surface area (Å²) in [7, 11) is 1.67. The minimum Gasteiger partial charge on any atom is -0.354 e. The maximum atomic E-state index is 12.3. The van der Waals surface area contributed by atoms with Crippen LogP contribution in [0.1, 0.15) is 35.9 Å². The van der Waals surface area contributed by atoms with Gasteiger partial charge in [-0.1, -0.05) is 38.1 Å². The van der Waals surface area contributed by atoms with Crippen molar-refractivity contribution in [2.75, 3.05) is 5.32 Å². The first kappa shape index (κ1) is 17.0. The maximum Gasteiger partial charge on any atom is 0.294 e. The minimum absolute atomic E-state index is 0.231. The minimum atomic E-state index is -0.348. The molecule has 7 heteroatoms. The van der Waals surface area contributed by atoms with Crippen molar-refractivity contribution >= 4 is 22.6 Å². The highest BCUT2D eigenvalue weighted by Gasteiger charge is 2.14. The van der Waals surface area contributed by atoms with Gasteiger partial charge in [-0.15, -0.1) is 0 Å². The van der Waals surface area contributed by atoms with E-state index < -0.39 is 0 Å². The normalized spacial score (nSPS) is 11.3. The van der Waals surface area contributed by atoms with Crippen molar-refractivity contribution in [1.82, 2.24) is 24.7 Å². The first-order valence-electron chi connectivity index (χ1n) is 8.76. The van der Waals surface area contributed by atoms with Gasteiger partial charge in [-0.05, 0) is 17.5 Å². The van der Waals surface area contributed by atoms with Crippen molar-refractivity contribution < 1.29 is 4.79 Å². The standard InChI is InChI=1S/C20H20N6O/c1-12(2)14-6-4-5-7-15(14)17-8-13-10-21-18(9-16(13)24-17)25-20(27)19-22-11-23-26(19)3/h4-12,24H,1-3H3,(H,21,25,27). The topological polar surface area (TPSA) is 88.5 Å². The Labute approximate surface area is 156 Å². The lowest BCUT2D eigenvalue weighted by molar-refractivity contribution is 0.101. The highest BCUT2D eigenvalue weighted by molar-refractivity contribution is 6.02. The van der Waals surface area contributed by atoms with Crippen LogP contribution in [-0.4, -0.2) is 30.6 Å². The molecule has 0 aliphatic heterocycles. The van der Waals surface area contributed by atoms with Gasteiger partial charge >= 0.3 is 0 Å². The van der Waals surface area contributed by atoms with Gasteiger partial charge in [0.2, 0.25) is 5.82 Å². The number of pyridine rings is 1. The van der Waals surface area contributed by atoms with Crippen molar-refractivity contribution in [2.24, 2.45) is 7.05 Å². The van der Waals surface area contributed by atoms with Crippen molar-refractivity contribution in [3.8, 4) is 11.3 Å². The Morgan fingerprint density at radius 2 is 2.00 bits per heavy atom. The molecule has 136 valence electrons. The second-order valence-corrected chi connectivity index (χ2v) is 6.74. The third-order valence-corrected chi connectivity index (χ3v) is 4.53. The van der Waals surface area contributed by atoms with E-state index in [1.807, 2.05) is 12.1 Å². The van der Waals surface area contributed by atoms with Gasteiger partial charge in [0.15, 0.2) is 0 Å². The molecule has 1 aromatic carbocycles. The van der Waals surface area contributed by atoms with E-state index in [9.17, 15) is 4.79 Å². The van der Waals surface area contributed by atoms with Crippen LogP contribution in [-0.2, 0) is 7.05 Å². The molecule has 0 saturated carbocycles. The van der Waals surface area contributed by atoms with Gasteiger partial charge in [-0.25, -0.2) is 14.6 Å². The Balaban J connectivity index is 1.67. The smallest absolute Gasteiger partial charge is 0.294 e. The lowest BCUT2D eigenvalue weighted by atomic mass is 9.95. The van der Waals surface area contributed by atoms with Crippen molar-refractivity contribution in [3.05, 3.63) is 60.3 Å². The van der Waals surface area contributed by atoms with Crippen LogP contribution in [0.25, 0.3) is 22.2 Å². The Morgan fingerprint density at radius 1 is 1.19 bits per heavy atom. The third-order valence-electron chi connectivity index (χ3n) is 4.53. The zero-order chi connectivity index (χ0) is 19.0. The molecule has 0 radical (unpaired) electrons. The van der Waals surface area contributed by atoms with Crippen molar-refractivity contribution in [2.45, 2.75) is 19.8 Å². The Morgan fingerprint density at radius 3 is 2.74 bits per heavy atom. The SMILES string of the molecule is CC(C)c1ccccc1-c1cc2cnc(NC(=O)c3ncnn3C)cc2[nH]1. The highest BCUT2D eigenvalue weighted by atomic mass is 16.2. The number of carbonyl (C=O) groups excluding carboxylic acids is 1. The van der Waals surface area contributed by atoms with Gasteiger partial charge in [0.05, 0.1) is 5.52 Å². The van der Waals surface area contributed by atoms with E-state index >= 15 is 0 Å². The lowest BCUT2D eigenvalue weighted by Crippen LogP contribution is -2.18. The largest absolute Gasteiger partial charge is 0.354 e. The molecule has 0 saturated heterocycles. The molecule has 2 N–H and O–H groups in total. The summed E-state index contributed by atoms with van der Waals surface area (Å²) in [6, 6.07) is 12.3. The Kier molecular flexibility index (Phi) is 4.19. The van der Waals surface area contributed by atoms with Gasteiger partial charge in [0.25, 0.3) is 5.91 Å². The van der Waals surface area contributed by atoms with E-state index in [0.717, 1.165) is 16.6 Å². The van der Waals surface area contributed by atoms with Gasteiger partial charge in [-0.2, -0.15) is 5.10 Å². The summed E-state index contributed by atoms with van der Waals surface area (Å²) in [5.74, 6) is 0.766. The molecule has 0 aliphatic carbocycles. The molecule has 4 rings (SSSR count). The Hall–Kier alpha value is -3.48. The average molecular weight is 360 g/mol. The predicted octanol–water partition coefficient (Wildman–Crippen LogP) is 3.73. The number of nitrogens with zero attached hydrogens (tertiary/aromatic N) is 4. The zero-order valence-corrected chi connectivity index (χ0v) is 15.4. The molecular weight excluding hydrogens is 340 g/mol. The summed E-state index contributed by atoms with van der Waals surface area (Å²) in [5, 5.41) is 7.66. The predicted molar refractivity (Wildman–Crippen MR) is 105 cm³/mol. The van der Waals surface area contributed by atoms with E-state index in [1.54, 1.807) is 13.2 Å². The van der Waals surface area contributed by atoms with Crippen LogP contribution < -0.4 is 5.32 Å². The summed E-state index contributed by atoms with van der Waals surface area (Å²) in [6.07, 6.45) is 3.09. The number of hydrogen-bond donors (Lipinski definition) is 2. The van der Waals surface area contributed by atoms with Gasteiger partial charge in [0.1, 0.15) is 12.1 Å². The molecule has 3 aromatic heterocycles. The van der Waals surface area contributed by atoms with Crippen LogP contribution in [0.3, 0.4) is 0 Å². The van der Waals surface area contributed by atoms with E-state index in [-0.39, 0.29) is 11.7 Å². The number of amides is 1. The number of rotatable bonds is 4. The molecule has 0 unspecified atom stereocenters. The number of aromatic nitrogens is 5. The molecular formula is C20H20N6O. The highest BCUT2D eigenvalue weighted by Crippen LogP contribution is 2.31. The van der Waals surface area contributed by atoms with Gasteiger partial charge in [0, 0.05) is 36.0 Å². The fourth-order valence-corrected chi connectivity index (χ4v) is 3.16. The molecule has 0 aliphatic rings. The molecule has 0 bridgehead atoms.